The minimum absolute atomic E-state index is 0.792. The maximum Gasteiger partial charge on any atom is 0.0746 e. The Bertz CT molecular complexity index is 199. The molecule has 0 amide bonds. The van der Waals surface area contributed by atoms with Crippen LogP contribution in [-0.4, -0.2) is 18.0 Å². The van der Waals surface area contributed by atoms with E-state index >= 15 is 0 Å². The lowest BCUT2D eigenvalue weighted by atomic mass is 10.3. The zero-order chi connectivity index (χ0) is 7.40. The van der Waals surface area contributed by atoms with E-state index < -0.39 is 0 Å². The molecule has 56 valence electrons. The number of likely N-dealkylation sites (N-methyl/N-ethyl adjacent to an activating group) is 1. The normalized spacial score (nSPS) is 10.2. The molecule has 0 aliphatic carbocycles. The summed E-state index contributed by atoms with van der Waals surface area (Å²) < 4.78 is 3.96. The van der Waals surface area contributed by atoms with Gasteiger partial charge in [0.2, 0.25) is 0 Å². The zero-order valence-electron chi connectivity index (χ0n) is 5.72. The van der Waals surface area contributed by atoms with Crippen LogP contribution < -0.4 is 5.32 Å². The molecule has 0 aliphatic heterocycles. The van der Waals surface area contributed by atoms with Crippen LogP contribution in [0.2, 0.25) is 5.02 Å². The Labute approximate surface area is 69.4 Å². The predicted molar refractivity (Wildman–Crippen MR) is 44.8 cm³/mol. The van der Waals surface area contributed by atoms with Crippen LogP contribution in [0.25, 0.3) is 0 Å². The highest BCUT2D eigenvalue weighted by Crippen LogP contribution is 2.18. The first-order valence-electron chi connectivity index (χ1n) is 3.08. The molecular weight excluding hydrogens is 168 g/mol. The summed E-state index contributed by atoms with van der Waals surface area (Å²) in [5.41, 5.74) is 0. The summed E-state index contributed by atoms with van der Waals surface area (Å²) in [4.78, 5) is 1.16. The fourth-order valence-corrected chi connectivity index (χ4v) is 1.58. The van der Waals surface area contributed by atoms with E-state index in [-0.39, 0.29) is 0 Å². The van der Waals surface area contributed by atoms with Gasteiger partial charge in [0.05, 0.1) is 11.2 Å². The second kappa shape index (κ2) is 3.91. The van der Waals surface area contributed by atoms with Gasteiger partial charge in [-0.1, -0.05) is 11.6 Å². The topological polar surface area (TPSA) is 24.9 Å². The second-order valence-electron chi connectivity index (χ2n) is 1.95. The number of nitrogens with one attached hydrogen (secondary N) is 1. The van der Waals surface area contributed by atoms with Gasteiger partial charge >= 0.3 is 0 Å². The van der Waals surface area contributed by atoms with Crippen LogP contribution in [-0.2, 0) is 6.42 Å². The van der Waals surface area contributed by atoms with Crippen molar-refractivity contribution < 1.29 is 0 Å². The van der Waals surface area contributed by atoms with Crippen molar-refractivity contribution in [2.75, 3.05) is 13.6 Å². The lowest BCUT2D eigenvalue weighted by molar-refractivity contribution is 0.799. The van der Waals surface area contributed by atoms with Crippen LogP contribution in [0.4, 0.5) is 0 Å². The number of hydrogen-bond donors (Lipinski definition) is 1. The van der Waals surface area contributed by atoms with E-state index in [0.29, 0.717) is 0 Å². The lowest BCUT2D eigenvalue weighted by Gasteiger charge is -1.94. The molecular formula is C6H9ClN2S. The molecule has 0 bridgehead atoms. The summed E-state index contributed by atoms with van der Waals surface area (Å²) in [6.45, 7) is 0.960. The van der Waals surface area contributed by atoms with Crippen LogP contribution in [0.1, 0.15) is 4.88 Å². The van der Waals surface area contributed by atoms with Crippen molar-refractivity contribution in [2.24, 2.45) is 0 Å². The van der Waals surface area contributed by atoms with Crippen LogP contribution in [0.5, 0.6) is 0 Å². The van der Waals surface area contributed by atoms with Crippen LogP contribution in [0.15, 0.2) is 6.20 Å². The molecule has 1 rings (SSSR count). The van der Waals surface area contributed by atoms with Crippen molar-refractivity contribution in [3.63, 3.8) is 0 Å². The molecule has 0 unspecified atom stereocenters. The van der Waals surface area contributed by atoms with Crippen molar-refractivity contribution in [1.82, 2.24) is 9.69 Å². The van der Waals surface area contributed by atoms with Gasteiger partial charge < -0.3 is 5.32 Å². The van der Waals surface area contributed by atoms with Gasteiger partial charge in [-0.25, -0.2) is 0 Å². The number of nitrogens with zero attached hydrogens (tertiary/aromatic N) is 1. The standard InChI is InChI=1S/C6H9ClN2S/c1-8-3-2-6-5(7)4-9-10-6/h4,8H,2-3H2,1H3. The van der Waals surface area contributed by atoms with Gasteiger partial charge in [0.1, 0.15) is 0 Å². The Balaban J connectivity index is 2.49. The van der Waals surface area contributed by atoms with E-state index in [2.05, 4.69) is 9.69 Å². The molecule has 1 heterocycles. The van der Waals surface area contributed by atoms with Gasteiger partial charge in [0.25, 0.3) is 0 Å². The monoisotopic (exact) mass is 176 g/mol. The molecule has 4 heteroatoms. The Morgan fingerprint density at radius 1 is 1.80 bits per heavy atom. The Hall–Kier alpha value is -0.120. The van der Waals surface area contributed by atoms with Crippen LogP contribution in [0, 0.1) is 0 Å². The van der Waals surface area contributed by atoms with Gasteiger partial charge in [-0.3, -0.25) is 0 Å². The summed E-state index contributed by atoms with van der Waals surface area (Å²) in [5.74, 6) is 0. The number of hydrogen-bond acceptors (Lipinski definition) is 3. The molecule has 0 aliphatic rings. The molecule has 2 nitrogen and oxygen atoms in total. The maximum absolute atomic E-state index is 5.80. The van der Waals surface area contributed by atoms with E-state index in [1.807, 2.05) is 7.05 Å². The molecule has 0 saturated heterocycles. The van der Waals surface area contributed by atoms with Crippen molar-refractivity contribution in [3.05, 3.63) is 16.1 Å². The van der Waals surface area contributed by atoms with E-state index in [9.17, 15) is 0 Å². The third-order valence-electron chi connectivity index (χ3n) is 1.20. The highest BCUT2D eigenvalue weighted by atomic mass is 35.5. The highest BCUT2D eigenvalue weighted by Gasteiger charge is 2.00. The molecule has 0 radical (unpaired) electrons. The Morgan fingerprint density at radius 3 is 3.10 bits per heavy atom. The fraction of sp³-hybridized carbons (Fsp3) is 0.500. The fourth-order valence-electron chi connectivity index (χ4n) is 0.655. The summed E-state index contributed by atoms with van der Waals surface area (Å²) in [6, 6.07) is 0. The van der Waals surface area contributed by atoms with E-state index in [0.717, 1.165) is 22.9 Å². The number of aromatic nitrogens is 1. The first kappa shape index (κ1) is 7.98. The van der Waals surface area contributed by atoms with Crippen molar-refractivity contribution in [2.45, 2.75) is 6.42 Å². The van der Waals surface area contributed by atoms with Gasteiger partial charge in [0, 0.05) is 4.88 Å². The third-order valence-corrected chi connectivity index (χ3v) is 2.49. The second-order valence-corrected chi connectivity index (χ2v) is 3.24. The van der Waals surface area contributed by atoms with Crippen molar-refractivity contribution in [1.29, 1.82) is 0 Å². The van der Waals surface area contributed by atoms with E-state index in [1.165, 1.54) is 11.5 Å². The molecule has 10 heavy (non-hydrogen) atoms. The Morgan fingerprint density at radius 2 is 2.60 bits per heavy atom. The molecule has 0 saturated carbocycles. The van der Waals surface area contributed by atoms with Crippen molar-refractivity contribution >= 4 is 23.1 Å². The molecule has 0 aromatic carbocycles. The summed E-state index contributed by atoms with van der Waals surface area (Å²) in [6.07, 6.45) is 2.66. The smallest absolute Gasteiger partial charge is 0.0746 e. The molecule has 1 aromatic heterocycles. The summed E-state index contributed by atoms with van der Waals surface area (Å²) >= 11 is 7.26. The lowest BCUT2D eigenvalue weighted by Crippen LogP contribution is -2.09. The van der Waals surface area contributed by atoms with Crippen LogP contribution in [0.3, 0.4) is 0 Å². The molecule has 1 N–H and O–H groups in total. The first-order valence-corrected chi connectivity index (χ1v) is 4.23. The average molecular weight is 177 g/mol. The zero-order valence-corrected chi connectivity index (χ0v) is 7.30. The first-order chi connectivity index (χ1) is 4.84. The number of halogens is 1. The van der Waals surface area contributed by atoms with E-state index in [1.54, 1.807) is 6.20 Å². The van der Waals surface area contributed by atoms with Gasteiger partial charge in [0.15, 0.2) is 0 Å². The summed E-state index contributed by atoms with van der Waals surface area (Å²) in [5, 5.41) is 3.85. The predicted octanol–water partition coefficient (Wildman–Crippen LogP) is 1.56. The third kappa shape index (κ3) is 1.94. The number of rotatable bonds is 3. The largest absolute Gasteiger partial charge is 0.319 e. The Kier molecular flexibility index (Phi) is 3.12. The minimum Gasteiger partial charge on any atom is -0.319 e. The SMILES string of the molecule is CNCCc1sncc1Cl. The minimum atomic E-state index is 0.792. The van der Waals surface area contributed by atoms with E-state index in [4.69, 9.17) is 11.6 Å². The summed E-state index contributed by atoms with van der Waals surface area (Å²) in [7, 11) is 1.93. The van der Waals surface area contributed by atoms with Gasteiger partial charge in [-0.05, 0) is 31.5 Å². The maximum atomic E-state index is 5.80. The average Bonchev–Trinajstić information content (AvgIpc) is 2.31. The quantitative estimate of drug-likeness (QED) is 0.756. The molecule has 0 spiro atoms. The molecule has 0 fully saturated rings. The van der Waals surface area contributed by atoms with Gasteiger partial charge in [-0.15, -0.1) is 0 Å². The van der Waals surface area contributed by atoms with Gasteiger partial charge in [-0.2, -0.15) is 4.37 Å². The van der Waals surface area contributed by atoms with Crippen LogP contribution >= 0.6 is 23.1 Å². The molecule has 0 atom stereocenters. The molecule has 1 aromatic rings. The highest BCUT2D eigenvalue weighted by molar-refractivity contribution is 7.06. The van der Waals surface area contributed by atoms with Crippen molar-refractivity contribution in [3.8, 4) is 0 Å².